The monoisotopic (exact) mass is 876 g/mol. The Morgan fingerprint density at radius 3 is 2.54 bits per heavy atom. The average molecular weight is 877 g/mol. The second-order valence-electron chi connectivity index (χ2n) is 16.2. The van der Waals surface area contributed by atoms with Crippen molar-refractivity contribution >= 4 is 68.8 Å². The molecule has 0 spiro atoms. The number of amides is 2. The van der Waals surface area contributed by atoms with Crippen LogP contribution >= 0.6 is 22.9 Å². The fourth-order valence-corrected chi connectivity index (χ4v) is 8.48. The number of aliphatic hydroxyl groups is 1. The summed E-state index contributed by atoms with van der Waals surface area (Å²) in [4.78, 5) is 83.4. The van der Waals surface area contributed by atoms with Crippen LogP contribution in [0.1, 0.15) is 101 Å². The molecule has 15 heteroatoms. The molecule has 2 aromatic carbocycles. The molecule has 0 bridgehead atoms. The Balaban J connectivity index is 1.31. The van der Waals surface area contributed by atoms with Crippen molar-refractivity contribution in [1.29, 1.82) is 0 Å². The number of hydrogen-bond acceptors (Lipinski definition) is 13. The molecule has 0 saturated carbocycles. The summed E-state index contributed by atoms with van der Waals surface area (Å²) in [5.74, 6) is -3.71. The number of aromatic nitrogens is 1. The van der Waals surface area contributed by atoms with Crippen molar-refractivity contribution in [2.45, 2.75) is 111 Å². The number of aliphatic hydroxyl groups excluding tert-OH is 1. The number of carbonyl (C=O) groups excluding carboxylic acids is 6. The number of rotatable bonds is 11. The van der Waals surface area contributed by atoms with E-state index in [0.29, 0.717) is 18.4 Å². The van der Waals surface area contributed by atoms with E-state index in [1.54, 1.807) is 31.3 Å². The van der Waals surface area contributed by atoms with Crippen LogP contribution in [0.4, 0.5) is 4.79 Å². The van der Waals surface area contributed by atoms with E-state index in [9.17, 15) is 33.9 Å². The molecule has 1 aromatic heterocycles. The minimum absolute atomic E-state index is 0.0497. The highest BCUT2D eigenvalue weighted by molar-refractivity contribution is 7.18. The summed E-state index contributed by atoms with van der Waals surface area (Å²) in [5.41, 5.74) is 1.55. The van der Waals surface area contributed by atoms with Crippen LogP contribution in [0, 0.1) is 24.2 Å². The van der Waals surface area contributed by atoms with Crippen molar-refractivity contribution in [3.8, 4) is 5.75 Å². The molecule has 3 heterocycles. The molecule has 2 aliphatic rings. The van der Waals surface area contributed by atoms with E-state index in [4.69, 9.17) is 30.5 Å². The summed E-state index contributed by atoms with van der Waals surface area (Å²) in [6, 6.07) is 10.2. The van der Waals surface area contributed by atoms with Crippen molar-refractivity contribution in [2.24, 2.45) is 17.3 Å². The molecule has 13 nitrogen and oxygen atoms in total. The molecule has 0 unspecified atom stereocenters. The maximum absolute atomic E-state index is 14.4. The number of cyclic esters (lactones) is 1. The van der Waals surface area contributed by atoms with Gasteiger partial charge in [0, 0.05) is 37.5 Å². The highest BCUT2D eigenvalue weighted by Gasteiger charge is 2.46. The van der Waals surface area contributed by atoms with Crippen molar-refractivity contribution in [3.63, 3.8) is 0 Å². The minimum atomic E-state index is -1.50. The fourth-order valence-electron chi connectivity index (χ4n) is 7.43. The number of halogens is 1. The molecule has 0 radical (unpaired) electrons. The lowest BCUT2D eigenvalue weighted by atomic mass is 9.71. The van der Waals surface area contributed by atoms with Gasteiger partial charge >= 0.3 is 18.1 Å². The first-order valence-corrected chi connectivity index (χ1v) is 21.6. The number of hydrogen-bond donors (Lipinski definition) is 1. The van der Waals surface area contributed by atoms with E-state index in [1.165, 1.54) is 30.4 Å². The fraction of sp³-hybridized carbons (Fsp3) is 0.457. The Morgan fingerprint density at radius 2 is 1.84 bits per heavy atom. The number of allylic oxidation sites excluding steroid dienone is 2. The van der Waals surface area contributed by atoms with Crippen LogP contribution in [0.25, 0.3) is 10.2 Å². The first-order valence-electron chi connectivity index (χ1n) is 20.4. The SMILES string of the molecule is C=CC[C@H]1C(=O)C(C)(C)[C@@H](OC(=O)OCc2ccc(OC(=O)CCCN3C(=O)C=CC3=O)c(Cl)c2)CC(=O)O[C@H](c2ccc3sc(C)nc3c2)C/C=C(/C)CCC[C@H](C)[C@@H]1O. The van der Waals surface area contributed by atoms with Crippen LogP contribution in [0.15, 0.2) is 72.9 Å². The minimum Gasteiger partial charge on any atom is -0.457 e. The van der Waals surface area contributed by atoms with Crippen LogP contribution < -0.4 is 4.74 Å². The number of ketones is 1. The number of ether oxygens (including phenoxy) is 4. The molecule has 0 aliphatic carbocycles. The van der Waals surface area contributed by atoms with E-state index in [1.807, 2.05) is 45.0 Å². The number of imide groups is 1. The lowest BCUT2D eigenvalue weighted by molar-refractivity contribution is -0.157. The van der Waals surface area contributed by atoms with Crippen LogP contribution in [0.5, 0.6) is 5.75 Å². The van der Waals surface area contributed by atoms with E-state index >= 15 is 0 Å². The van der Waals surface area contributed by atoms with Crippen LogP contribution in [0.3, 0.4) is 0 Å². The second kappa shape index (κ2) is 21.1. The van der Waals surface area contributed by atoms with Gasteiger partial charge in [0.25, 0.3) is 11.8 Å². The highest BCUT2D eigenvalue weighted by Crippen LogP contribution is 2.37. The first-order chi connectivity index (χ1) is 29.0. The number of thiazole rings is 1. The molecule has 0 saturated heterocycles. The molecule has 0 fully saturated rings. The Kier molecular flexibility index (Phi) is 16.2. The molecule has 2 amide bonds. The van der Waals surface area contributed by atoms with Crippen molar-refractivity contribution in [1.82, 2.24) is 9.88 Å². The van der Waals surface area contributed by atoms with Crippen molar-refractivity contribution in [2.75, 3.05) is 6.54 Å². The summed E-state index contributed by atoms with van der Waals surface area (Å²) in [7, 11) is 0. The highest BCUT2D eigenvalue weighted by atomic mass is 35.5. The van der Waals surface area contributed by atoms with Gasteiger partial charge < -0.3 is 24.1 Å². The topological polar surface area (TPSA) is 176 Å². The Labute approximate surface area is 364 Å². The molecule has 5 rings (SSSR count). The van der Waals surface area contributed by atoms with Crippen LogP contribution in [-0.4, -0.2) is 69.4 Å². The second-order valence-corrected chi connectivity index (χ2v) is 17.8. The zero-order chi connectivity index (χ0) is 44.4. The van der Waals surface area contributed by atoms with Crippen LogP contribution in [-0.2, 0) is 44.8 Å². The number of Topliss-reactive ketones (excluding diaryl/α,β-unsaturated/α-hetero) is 1. The van der Waals surface area contributed by atoms with Gasteiger partial charge in [-0.1, -0.05) is 48.4 Å². The molecule has 3 aromatic rings. The maximum atomic E-state index is 14.4. The third-order valence-electron chi connectivity index (χ3n) is 11.1. The van der Waals surface area contributed by atoms with Gasteiger partial charge in [0.2, 0.25) is 0 Å². The van der Waals surface area contributed by atoms with Gasteiger partial charge in [-0.2, -0.15) is 0 Å². The maximum Gasteiger partial charge on any atom is 0.508 e. The van der Waals surface area contributed by atoms with E-state index in [-0.39, 0.29) is 49.1 Å². The van der Waals surface area contributed by atoms with Gasteiger partial charge in [0.15, 0.2) is 0 Å². The van der Waals surface area contributed by atoms with Gasteiger partial charge in [-0.3, -0.25) is 28.9 Å². The molecule has 61 heavy (non-hydrogen) atoms. The predicted molar refractivity (Wildman–Crippen MR) is 230 cm³/mol. The van der Waals surface area contributed by atoms with Gasteiger partial charge in [0.05, 0.1) is 38.2 Å². The standard InChI is InChI=1S/C46H53ClN2O11S/c1-7-10-32-43(54)28(3)12-8-11-27(2)14-17-35(31-16-19-37-34(24-31)48-29(4)61-37)58-42(53)25-38(46(5,6)44(32)55)60-45(56)57-26-30-15-18-36(33(47)23-30)59-41(52)13-9-22-49-39(50)20-21-40(49)51/h7,14-16,18-21,23-24,28,32,35,38,43,54H,1,8-13,17,22,25-26H2,2-6H3/b27-14-/t28-,32+,35-,38-,43-/m0/s1. The van der Waals surface area contributed by atoms with Crippen molar-refractivity contribution in [3.05, 3.63) is 94.0 Å². The number of nitrogens with zero attached hydrogens (tertiary/aromatic N) is 2. The number of fused-ring (bicyclic) bond motifs is 1. The van der Waals surface area contributed by atoms with E-state index in [0.717, 1.165) is 44.1 Å². The number of aryl methyl sites for hydroxylation is 1. The zero-order valence-electron chi connectivity index (χ0n) is 35.1. The number of benzene rings is 2. The molecular formula is C46H53ClN2O11S. The Morgan fingerprint density at radius 1 is 1.10 bits per heavy atom. The molecular weight excluding hydrogens is 824 g/mol. The van der Waals surface area contributed by atoms with E-state index in [2.05, 4.69) is 11.6 Å². The summed E-state index contributed by atoms with van der Waals surface area (Å²) < 4.78 is 23.8. The number of esters is 2. The molecule has 326 valence electrons. The normalized spacial score (nSPS) is 23.6. The Hall–Kier alpha value is -5.18. The number of carbonyl (C=O) groups is 6. The quantitative estimate of drug-likeness (QED) is 0.0840. The predicted octanol–water partition coefficient (Wildman–Crippen LogP) is 8.87. The first kappa shape index (κ1) is 46.9. The largest absolute Gasteiger partial charge is 0.508 e. The molecule has 5 atom stereocenters. The summed E-state index contributed by atoms with van der Waals surface area (Å²) in [6.07, 6.45) is 4.06. The average Bonchev–Trinajstić information content (AvgIpc) is 3.75. The van der Waals surface area contributed by atoms with Crippen LogP contribution in [0.2, 0.25) is 5.02 Å². The zero-order valence-corrected chi connectivity index (χ0v) is 36.7. The van der Waals surface area contributed by atoms with E-state index < -0.39 is 71.8 Å². The van der Waals surface area contributed by atoms with Crippen molar-refractivity contribution < 1.29 is 52.8 Å². The molecule has 2 aliphatic heterocycles. The summed E-state index contributed by atoms with van der Waals surface area (Å²) in [5, 5.41) is 12.5. The summed E-state index contributed by atoms with van der Waals surface area (Å²) >= 11 is 7.96. The summed E-state index contributed by atoms with van der Waals surface area (Å²) in [6.45, 7) is 12.5. The van der Waals surface area contributed by atoms with Gasteiger partial charge in [-0.25, -0.2) is 9.78 Å². The lowest BCUT2D eigenvalue weighted by Gasteiger charge is -2.37. The van der Waals surface area contributed by atoms with Gasteiger partial charge in [-0.15, -0.1) is 17.9 Å². The third-order valence-corrected chi connectivity index (χ3v) is 12.3. The smallest absolute Gasteiger partial charge is 0.457 e. The van der Waals surface area contributed by atoms with Gasteiger partial charge in [0.1, 0.15) is 30.3 Å². The third kappa shape index (κ3) is 12.5. The Bertz CT molecular complexity index is 2190. The lowest BCUT2D eigenvalue weighted by Crippen LogP contribution is -2.48. The molecule has 1 N–H and O–H groups in total. The van der Waals surface area contributed by atoms with Gasteiger partial charge in [-0.05, 0) is 101 Å².